The molecule has 28 heavy (non-hydrogen) atoms. The first kappa shape index (κ1) is 19.7. The van der Waals surface area contributed by atoms with Crippen molar-refractivity contribution < 1.29 is 14.3 Å². The molecule has 0 spiro atoms. The summed E-state index contributed by atoms with van der Waals surface area (Å²) in [5, 5.41) is 12.1. The standard InChI is InChI=1S/C22H25N3O3/c1-16(2)13-19-15-27-12-11-25(19)22(26)24-18-7-9-20(10-8-18)28-21-6-4-3-5-17(21)14-23/h3-10,16,19H,11-13,15H2,1-2H3,(H,24,26). The Bertz CT molecular complexity index is 843. The van der Waals surface area contributed by atoms with Crippen LogP contribution in [-0.4, -0.2) is 36.7 Å². The summed E-state index contributed by atoms with van der Waals surface area (Å²) in [6.45, 7) is 6.03. The van der Waals surface area contributed by atoms with Gasteiger partial charge in [-0.05, 0) is 48.7 Å². The summed E-state index contributed by atoms with van der Waals surface area (Å²) in [5.41, 5.74) is 1.17. The second kappa shape index (κ2) is 9.25. The van der Waals surface area contributed by atoms with E-state index in [1.807, 2.05) is 11.0 Å². The number of rotatable bonds is 5. The summed E-state index contributed by atoms with van der Waals surface area (Å²) in [7, 11) is 0. The molecule has 1 N–H and O–H groups in total. The van der Waals surface area contributed by atoms with E-state index in [0.717, 1.165) is 6.42 Å². The Morgan fingerprint density at radius 1 is 1.29 bits per heavy atom. The molecule has 6 heteroatoms. The Kier molecular flexibility index (Phi) is 6.51. The van der Waals surface area contributed by atoms with Crippen molar-refractivity contribution in [2.75, 3.05) is 25.1 Å². The maximum atomic E-state index is 12.7. The topological polar surface area (TPSA) is 74.6 Å². The molecule has 1 saturated heterocycles. The molecule has 1 fully saturated rings. The maximum Gasteiger partial charge on any atom is 0.322 e. The van der Waals surface area contributed by atoms with Gasteiger partial charge in [0.15, 0.2) is 0 Å². The van der Waals surface area contributed by atoms with Gasteiger partial charge in [0, 0.05) is 12.2 Å². The molecule has 1 unspecified atom stereocenters. The highest BCUT2D eigenvalue weighted by Gasteiger charge is 2.27. The number of urea groups is 1. The number of amides is 2. The summed E-state index contributed by atoms with van der Waals surface area (Å²) < 4.78 is 11.3. The van der Waals surface area contributed by atoms with Gasteiger partial charge in [-0.2, -0.15) is 5.26 Å². The molecular formula is C22H25N3O3. The number of para-hydroxylation sites is 1. The average Bonchev–Trinajstić information content (AvgIpc) is 2.70. The van der Waals surface area contributed by atoms with Gasteiger partial charge in [0.25, 0.3) is 0 Å². The normalized spacial score (nSPS) is 16.5. The van der Waals surface area contributed by atoms with E-state index in [0.29, 0.717) is 48.4 Å². The van der Waals surface area contributed by atoms with E-state index < -0.39 is 0 Å². The third-order valence-electron chi connectivity index (χ3n) is 4.57. The van der Waals surface area contributed by atoms with Crippen LogP contribution in [0.25, 0.3) is 0 Å². The minimum Gasteiger partial charge on any atom is -0.456 e. The molecule has 1 atom stereocenters. The number of benzene rings is 2. The number of carbonyl (C=O) groups excluding carboxylic acids is 1. The van der Waals surface area contributed by atoms with Crippen molar-refractivity contribution >= 4 is 11.7 Å². The number of nitrogens with zero attached hydrogens (tertiary/aromatic N) is 2. The largest absolute Gasteiger partial charge is 0.456 e. The van der Waals surface area contributed by atoms with Crippen LogP contribution in [0.5, 0.6) is 11.5 Å². The highest BCUT2D eigenvalue weighted by Crippen LogP contribution is 2.26. The smallest absolute Gasteiger partial charge is 0.322 e. The van der Waals surface area contributed by atoms with Crippen molar-refractivity contribution in [3.05, 3.63) is 54.1 Å². The van der Waals surface area contributed by atoms with Crippen LogP contribution in [0.1, 0.15) is 25.8 Å². The van der Waals surface area contributed by atoms with Crippen LogP contribution < -0.4 is 10.1 Å². The Morgan fingerprint density at radius 3 is 2.75 bits per heavy atom. The van der Waals surface area contributed by atoms with Crippen LogP contribution in [-0.2, 0) is 4.74 Å². The lowest BCUT2D eigenvalue weighted by Gasteiger charge is -2.36. The summed E-state index contributed by atoms with van der Waals surface area (Å²) >= 11 is 0. The van der Waals surface area contributed by atoms with Crippen LogP contribution in [0.2, 0.25) is 0 Å². The lowest BCUT2D eigenvalue weighted by molar-refractivity contribution is 0.00857. The third kappa shape index (κ3) is 5.02. The molecule has 0 aliphatic carbocycles. The molecule has 0 saturated carbocycles. The quantitative estimate of drug-likeness (QED) is 0.822. The third-order valence-corrected chi connectivity index (χ3v) is 4.57. The van der Waals surface area contributed by atoms with E-state index in [4.69, 9.17) is 14.7 Å². The van der Waals surface area contributed by atoms with E-state index in [-0.39, 0.29) is 12.1 Å². The maximum absolute atomic E-state index is 12.7. The van der Waals surface area contributed by atoms with Crippen molar-refractivity contribution in [1.29, 1.82) is 5.26 Å². The summed E-state index contributed by atoms with van der Waals surface area (Å²) in [4.78, 5) is 14.6. The zero-order valence-electron chi connectivity index (χ0n) is 16.2. The van der Waals surface area contributed by atoms with Gasteiger partial charge in [-0.15, -0.1) is 0 Å². The fourth-order valence-electron chi connectivity index (χ4n) is 3.24. The van der Waals surface area contributed by atoms with Crippen molar-refractivity contribution in [2.24, 2.45) is 5.92 Å². The molecule has 6 nitrogen and oxygen atoms in total. The van der Waals surface area contributed by atoms with Gasteiger partial charge in [-0.3, -0.25) is 0 Å². The van der Waals surface area contributed by atoms with Gasteiger partial charge < -0.3 is 19.7 Å². The lowest BCUT2D eigenvalue weighted by Crippen LogP contribution is -2.50. The molecule has 2 aromatic carbocycles. The number of nitrogens with one attached hydrogen (secondary N) is 1. The number of morpholine rings is 1. The second-order valence-electron chi connectivity index (χ2n) is 7.22. The fraction of sp³-hybridized carbons (Fsp3) is 0.364. The van der Waals surface area contributed by atoms with Gasteiger partial charge in [-0.25, -0.2) is 4.79 Å². The molecular weight excluding hydrogens is 354 g/mol. The van der Waals surface area contributed by atoms with E-state index in [1.165, 1.54) is 0 Å². The van der Waals surface area contributed by atoms with E-state index in [2.05, 4.69) is 25.2 Å². The molecule has 1 aliphatic rings. The van der Waals surface area contributed by atoms with Gasteiger partial charge in [0.05, 0.1) is 24.8 Å². The predicted octanol–water partition coefficient (Wildman–Crippen LogP) is 4.63. The molecule has 0 bridgehead atoms. The van der Waals surface area contributed by atoms with E-state index in [1.54, 1.807) is 42.5 Å². The van der Waals surface area contributed by atoms with Gasteiger partial charge in [0.1, 0.15) is 17.6 Å². The molecule has 3 rings (SSSR count). The second-order valence-corrected chi connectivity index (χ2v) is 7.22. The molecule has 1 heterocycles. The van der Waals surface area contributed by atoms with Crippen LogP contribution in [0.4, 0.5) is 10.5 Å². The van der Waals surface area contributed by atoms with E-state index >= 15 is 0 Å². The number of carbonyl (C=O) groups is 1. The monoisotopic (exact) mass is 379 g/mol. The number of hydrogen-bond acceptors (Lipinski definition) is 4. The fourth-order valence-corrected chi connectivity index (χ4v) is 3.24. The van der Waals surface area contributed by atoms with Crippen LogP contribution in [0.15, 0.2) is 48.5 Å². The first-order valence-electron chi connectivity index (χ1n) is 9.49. The Balaban J connectivity index is 1.63. The van der Waals surface area contributed by atoms with Crippen LogP contribution in [0, 0.1) is 17.2 Å². The van der Waals surface area contributed by atoms with Crippen molar-refractivity contribution in [3.8, 4) is 17.6 Å². The first-order valence-corrected chi connectivity index (χ1v) is 9.49. The SMILES string of the molecule is CC(C)CC1COCCN1C(=O)Nc1ccc(Oc2ccccc2C#N)cc1. The molecule has 2 amide bonds. The molecule has 2 aromatic rings. The zero-order chi connectivity index (χ0) is 19.9. The predicted molar refractivity (Wildman–Crippen MR) is 107 cm³/mol. The Labute approximate surface area is 165 Å². The minimum absolute atomic E-state index is 0.0961. The molecule has 1 aliphatic heterocycles. The van der Waals surface area contributed by atoms with E-state index in [9.17, 15) is 4.79 Å². The first-order chi connectivity index (χ1) is 13.6. The van der Waals surface area contributed by atoms with Crippen molar-refractivity contribution in [1.82, 2.24) is 4.90 Å². The van der Waals surface area contributed by atoms with Crippen LogP contribution >= 0.6 is 0 Å². The Hall–Kier alpha value is -3.04. The summed E-state index contributed by atoms with van der Waals surface area (Å²) in [6.07, 6.45) is 0.915. The van der Waals surface area contributed by atoms with Crippen molar-refractivity contribution in [2.45, 2.75) is 26.3 Å². The summed E-state index contributed by atoms with van der Waals surface area (Å²) in [5.74, 6) is 1.60. The number of ether oxygens (including phenoxy) is 2. The van der Waals surface area contributed by atoms with Crippen molar-refractivity contribution in [3.63, 3.8) is 0 Å². The van der Waals surface area contributed by atoms with Gasteiger partial charge in [-0.1, -0.05) is 26.0 Å². The summed E-state index contributed by atoms with van der Waals surface area (Å²) in [6, 6.07) is 16.3. The van der Waals surface area contributed by atoms with Crippen LogP contribution in [0.3, 0.4) is 0 Å². The minimum atomic E-state index is -0.113. The highest BCUT2D eigenvalue weighted by molar-refractivity contribution is 5.89. The van der Waals surface area contributed by atoms with Gasteiger partial charge >= 0.3 is 6.03 Å². The number of hydrogen-bond donors (Lipinski definition) is 1. The molecule has 0 radical (unpaired) electrons. The van der Waals surface area contributed by atoms with Gasteiger partial charge in [0.2, 0.25) is 0 Å². The lowest BCUT2D eigenvalue weighted by atomic mass is 10.0. The zero-order valence-corrected chi connectivity index (χ0v) is 16.2. The highest BCUT2D eigenvalue weighted by atomic mass is 16.5. The molecule has 146 valence electrons. The number of nitriles is 1. The number of anilines is 1. The molecule has 0 aromatic heterocycles. The average molecular weight is 379 g/mol. The Morgan fingerprint density at radius 2 is 2.04 bits per heavy atom.